The number of carboxylic acids is 1. The van der Waals surface area contributed by atoms with Crippen molar-refractivity contribution in [3.05, 3.63) is 39.0 Å². The van der Waals surface area contributed by atoms with Gasteiger partial charge in [-0.2, -0.15) is 0 Å². The number of hydrogen-bond donors (Lipinski definition) is 1. The fourth-order valence-corrected chi connectivity index (χ4v) is 3.47. The summed E-state index contributed by atoms with van der Waals surface area (Å²) in [6, 6.07) is 3.34. The molecule has 1 aromatic heterocycles. The third-order valence-corrected chi connectivity index (χ3v) is 5.10. The maximum Gasteiger partial charge on any atom is 0.336 e. The predicted octanol–water partition coefficient (Wildman–Crippen LogP) is 4.75. The SMILES string of the molecule is CCC1CCc2nc3c(Cl)c(Cl)ccc3c(C(=O)O)c2C1. The standard InChI is InChI=1S/C16H15Cl2NO2/c1-2-8-3-6-12-10(7-8)13(16(20)21)9-4-5-11(17)14(18)15(9)19-12/h4-5,8H,2-3,6-7H2,1H3,(H,20,21). The van der Waals surface area contributed by atoms with Gasteiger partial charge in [-0.15, -0.1) is 0 Å². The lowest BCUT2D eigenvalue weighted by Crippen LogP contribution is -2.19. The molecule has 0 spiro atoms. The molecule has 0 radical (unpaired) electrons. The van der Waals surface area contributed by atoms with Crippen molar-refractivity contribution in [2.45, 2.75) is 32.6 Å². The van der Waals surface area contributed by atoms with E-state index in [2.05, 4.69) is 11.9 Å². The third kappa shape index (κ3) is 2.39. The van der Waals surface area contributed by atoms with Gasteiger partial charge in [-0.25, -0.2) is 4.79 Å². The molecule has 2 aromatic rings. The molecule has 0 amide bonds. The van der Waals surface area contributed by atoms with E-state index in [1.54, 1.807) is 12.1 Å². The molecule has 5 heteroatoms. The number of hydrogen-bond acceptors (Lipinski definition) is 2. The van der Waals surface area contributed by atoms with Crippen LogP contribution in [-0.4, -0.2) is 16.1 Å². The summed E-state index contributed by atoms with van der Waals surface area (Å²) >= 11 is 12.2. The van der Waals surface area contributed by atoms with Crippen LogP contribution in [-0.2, 0) is 12.8 Å². The van der Waals surface area contributed by atoms with Crippen LogP contribution in [0.15, 0.2) is 12.1 Å². The van der Waals surface area contributed by atoms with E-state index >= 15 is 0 Å². The summed E-state index contributed by atoms with van der Waals surface area (Å²) in [5, 5.41) is 11.0. The lowest BCUT2D eigenvalue weighted by molar-refractivity contribution is 0.0697. The Morgan fingerprint density at radius 2 is 2.19 bits per heavy atom. The molecule has 0 bridgehead atoms. The van der Waals surface area contributed by atoms with Crippen LogP contribution in [0.1, 0.15) is 41.4 Å². The van der Waals surface area contributed by atoms with E-state index < -0.39 is 5.97 Å². The van der Waals surface area contributed by atoms with E-state index in [-0.39, 0.29) is 0 Å². The molecule has 0 saturated carbocycles. The number of nitrogens with zero attached hydrogens (tertiary/aromatic N) is 1. The zero-order valence-electron chi connectivity index (χ0n) is 11.6. The smallest absolute Gasteiger partial charge is 0.336 e. The minimum atomic E-state index is -0.922. The highest BCUT2D eigenvalue weighted by atomic mass is 35.5. The zero-order valence-corrected chi connectivity index (χ0v) is 13.1. The van der Waals surface area contributed by atoms with Gasteiger partial charge in [0.05, 0.1) is 21.1 Å². The second-order valence-corrected chi connectivity index (χ2v) is 6.28. The first-order chi connectivity index (χ1) is 10.0. The van der Waals surface area contributed by atoms with Crippen molar-refractivity contribution in [1.82, 2.24) is 4.98 Å². The van der Waals surface area contributed by atoms with Gasteiger partial charge in [0.2, 0.25) is 0 Å². The fraction of sp³-hybridized carbons (Fsp3) is 0.375. The Morgan fingerprint density at radius 3 is 2.86 bits per heavy atom. The first-order valence-corrected chi connectivity index (χ1v) is 7.81. The molecule has 3 rings (SSSR count). The molecule has 1 heterocycles. The van der Waals surface area contributed by atoms with Gasteiger partial charge in [-0.05, 0) is 36.8 Å². The van der Waals surface area contributed by atoms with Crippen LogP contribution >= 0.6 is 23.2 Å². The zero-order chi connectivity index (χ0) is 15.1. The van der Waals surface area contributed by atoms with Gasteiger partial charge in [-0.1, -0.05) is 42.6 Å². The molecule has 3 nitrogen and oxygen atoms in total. The summed E-state index contributed by atoms with van der Waals surface area (Å²) in [6.07, 6.45) is 3.67. The van der Waals surface area contributed by atoms with Gasteiger partial charge < -0.3 is 5.11 Å². The van der Waals surface area contributed by atoms with Gasteiger partial charge >= 0.3 is 5.97 Å². The minimum absolute atomic E-state index is 0.331. The molecular weight excluding hydrogens is 309 g/mol. The molecule has 21 heavy (non-hydrogen) atoms. The fourth-order valence-electron chi connectivity index (χ4n) is 3.11. The van der Waals surface area contributed by atoms with E-state index in [1.807, 2.05) is 0 Å². The van der Waals surface area contributed by atoms with Crippen molar-refractivity contribution in [3.63, 3.8) is 0 Å². The maximum absolute atomic E-state index is 11.8. The van der Waals surface area contributed by atoms with E-state index in [1.165, 1.54) is 0 Å². The highest BCUT2D eigenvalue weighted by molar-refractivity contribution is 6.45. The normalized spacial score (nSPS) is 17.8. The Labute approximate surface area is 132 Å². The van der Waals surface area contributed by atoms with E-state index in [0.29, 0.717) is 32.4 Å². The molecule has 0 fully saturated rings. The molecule has 1 N–H and O–H groups in total. The summed E-state index contributed by atoms with van der Waals surface area (Å²) in [5.41, 5.74) is 2.56. The number of fused-ring (bicyclic) bond motifs is 2. The van der Waals surface area contributed by atoms with E-state index in [4.69, 9.17) is 23.2 Å². The molecular formula is C16H15Cl2NO2. The number of rotatable bonds is 2. The second-order valence-electron chi connectivity index (χ2n) is 5.49. The molecule has 0 aliphatic heterocycles. The highest BCUT2D eigenvalue weighted by Gasteiger charge is 2.27. The summed E-state index contributed by atoms with van der Waals surface area (Å²) in [7, 11) is 0. The summed E-state index contributed by atoms with van der Waals surface area (Å²) < 4.78 is 0. The topological polar surface area (TPSA) is 50.2 Å². The van der Waals surface area contributed by atoms with Crippen LogP contribution in [0.25, 0.3) is 10.9 Å². The van der Waals surface area contributed by atoms with Gasteiger partial charge in [0.1, 0.15) is 0 Å². The number of benzene rings is 1. The van der Waals surface area contributed by atoms with Crippen molar-refractivity contribution in [2.75, 3.05) is 0 Å². The molecule has 1 unspecified atom stereocenters. The van der Waals surface area contributed by atoms with Crippen molar-refractivity contribution in [1.29, 1.82) is 0 Å². The van der Waals surface area contributed by atoms with Crippen molar-refractivity contribution >= 4 is 40.1 Å². The molecule has 1 atom stereocenters. The van der Waals surface area contributed by atoms with E-state index in [0.717, 1.165) is 36.9 Å². The highest BCUT2D eigenvalue weighted by Crippen LogP contribution is 2.37. The monoisotopic (exact) mass is 323 g/mol. The first-order valence-electron chi connectivity index (χ1n) is 7.05. The van der Waals surface area contributed by atoms with Crippen molar-refractivity contribution < 1.29 is 9.90 Å². The van der Waals surface area contributed by atoms with Crippen LogP contribution in [0, 0.1) is 5.92 Å². The third-order valence-electron chi connectivity index (χ3n) is 4.31. The largest absolute Gasteiger partial charge is 0.478 e. The van der Waals surface area contributed by atoms with Gasteiger partial charge in [-0.3, -0.25) is 4.98 Å². The quantitative estimate of drug-likeness (QED) is 0.867. The minimum Gasteiger partial charge on any atom is -0.478 e. The number of carbonyl (C=O) groups is 1. The summed E-state index contributed by atoms with van der Waals surface area (Å²) in [4.78, 5) is 16.4. The Morgan fingerprint density at radius 1 is 1.43 bits per heavy atom. The first kappa shape index (κ1) is 14.6. The summed E-state index contributed by atoms with van der Waals surface area (Å²) in [6.45, 7) is 2.14. The number of aromatic nitrogens is 1. The number of pyridine rings is 1. The van der Waals surface area contributed by atoms with Gasteiger partial charge in [0.15, 0.2) is 0 Å². The Kier molecular flexibility index (Phi) is 3.80. The number of aryl methyl sites for hydroxylation is 1. The Balaban J connectivity index is 2.34. The average Bonchev–Trinajstić information content (AvgIpc) is 2.48. The average molecular weight is 324 g/mol. The molecule has 1 aliphatic rings. The van der Waals surface area contributed by atoms with Crippen LogP contribution in [0.3, 0.4) is 0 Å². The molecule has 1 aliphatic carbocycles. The van der Waals surface area contributed by atoms with Crippen LogP contribution in [0.4, 0.5) is 0 Å². The Hall–Kier alpha value is -1.32. The predicted molar refractivity (Wildman–Crippen MR) is 84.5 cm³/mol. The van der Waals surface area contributed by atoms with E-state index in [9.17, 15) is 9.90 Å². The van der Waals surface area contributed by atoms with Crippen LogP contribution in [0.5, 0.6) is 0 Å². The second kappa shape index (κ2) is 5.47. The lowest BCUT2D eigenvalue weighted by Gasteiger charge is -2.25. The Bertz CT molecular complexity index is 743. The molecule has 1 aromatic carbocycles. The van der Waals surface area contributed by atoms with Gasteiger partial charge in [0, 0.05) is 11.1 Å². The maximum atomic E-state index is 11.8. The molecule has 110 valence electrons. The van der Waals surface area contributed by atoms with Gasteiger partial charge in [0.25, 0.3) is 0 Å². The van der Waals surface area contributed by atoms with Crippen LogP contribution < -0.4 is 0 Å². The van der Waals surface area contributed by atoms with Crippen molar-refractivity contribution in [3.8, 4) is 0 Å². The lowest BCUT2D eigenvalue weighted by atomic mass is 9.82. The number of carboxylic acid groups (broad SMARTS) is 1. The van der Waals surface area contributed by atoms with Crippen LogP contribution in [0.2, 0.25) is 10.0 Å². The number of aromatic carboxylic acids is 1. The summed E-state index contributed by atoms with van der Waals surface area (Å²) in [5.74, 6) is -0.397. The van der Waals surface area contributed by atoms with Crippen molar-refractivity contribution in [2.24, 2.45) is 5.92 Å². The number of halogens is 2. The molecule has 0 saturated heterocycles.